The number of aromatic amines is 1. The Balaban J connectivity index is 1.68. The predicted octanol–water partition coefficient (Wildman–Crippen LogP) is 4.89. The number of fused-ring (bicyclic) bond motifs is 1. The van der Waals surface area contributed by atoms with Crippen molar-refractivity contribution in [1.29, 1.82) is 0 Å². The zero-order chi connectivity index (χ0) is 19.5. The summed E-state index contributed by atoms with van der Waals surface area (Å²) in [6.07, 6.45) is 1.65. The largest absolute Gasteiger partial charge is 0.482 e. The van der Waals surface area contributed by atoms with Gasteiger partial charge < -0.3 is 9.72 Å². The minimum atomic E-state index is -0.514. The first-order valence-electron chi connectivity index (χ1n) is 8.69. The number of nitrogens with zero attached hydrogens (tertiary/aromatic N) is 1. The molecule has 6 nitrogen and oxygen atoms in total. The number of para-hydroxylation sites is 1. The van der Waals surface area contributed by atoms with Crippen LogP contribution in [0, 0.1) is 10.1 Å². The average Bonchev–Trinajstić information content (AvgIpc) is 3.16. The molecule has 1 aromatic heterocycles. The van der Waals surface area contributed by atoms with Gasteiger partial charge in [-0.25, -0.2) is 0 Å². The number of hydrogen-bond acceptors (Lipinski definition) is 4. The van der Waals surface area contributed by atoms with Crippen LogP contribution in [0.1, 0.15) is 21.5 Å². The first-order valence-corrected chi connectivity index (χ1v) is 8.69. The van der Waals surface area contributed by atoms with Crippen LogP contribution in [0.4, 0.5) is 5.69 Å². The number of nitro groups is 1. The van der Waals surface area contributed by atoms with Crippen molar-refractivity contribution in [2.45, 2.75) is 6.61 Å². The molecule has 0 aliphatic rings. The topological polar surface area (TPSA) is 85.2 Å². The normalized spacial score (nSPS) is 10.7. The van der Waals surface area contributed by atoms with Gasteiger partial charge >= 0.3 is 5.69 Å². The molecule has 0 unspecified atom stereocenters. The van der Waals surface area contributed by atoms with Crippen molar-refractivity contribution in [3.8, 4) is 5.75 Å². The van der Waals surface area contributed by atoms with Crippen molar-refractivity contribution in [1.82, 2.24) is 4.98 Å². The molecular weight excluding hydrogens is 356 g/mol. The number of carbonyl (C=O) groups is 1. The summed E-state index contributed by atoms with van der Waals surface area (Å²) in [6.45, 7) is 0.173. The lowest BCUT2D eigenvalue weighted by atomic mass is 10.0. The van der Waals surface area contributed by atoms with E-state index in [1.54, 1.807) is 6.20 Å². The standard InChI is InChI=1S/C22H16N2O4/c25-22(18-13-23-19-9-5-4-8-17(18)19)16-10-11-20(24(26)27)21(12-16)28-14-15-6-2-1-3-7-15/h1-13,23H,14H2. The molecule has 0 radical (unpaired) electrons. The smallest absolute Gasteiger partial charge is 0.310 e. The van der Waals surface area contributed by atoms with Crippen LogP contribution < -0.4 is 4.74 Å². The highest BCUT2D eigenvalue weighted by molar-refractivity contribution is 6.16. The van der Waals surface area contributed by atoms with Gasteiger partial charge in [0.1, 0.15) is 6.61 Å². The fraction of sp³-hybridized carbons (Fsp3) is 0.0455. The van der Waals surface area contributed by atoms with E-state index in [2.05, 4.69) is 4.98 Å². The van der Waals surface area contributed by atoms with E-state index in [0.717, 1.165) is 16.5 Å². The molecule has 0 aliphatic heterocycles. The van der Waals surface area contributed by atoms with Crippen molar-refractivity contribution < 1.29 is 14.5 Å². The summed E-state index contributed by atoms with van der Waals surface area (Å²) in [4.78, 5) is 26.9. The molecular formula is C22H16N2O4. The number of rotatable bonds is 6. The lowest BCUT2D eigenvalue weighted by Gasteiger charge is -2.09. The summed E-state index contributed by atoms with van der Waals surface area (Å²) in [5, 5.41) is 12.2. The van der Waals surface area contributed by atoms with Gasteiger partial charge in [-0.1, -0.05) is 48.5 Å². The quantitative estimate of drug-likeness (QED) is 0.297. The SMILES string of the molecule is O=C(c1ccc([N+](=O)[O-])c(OCc2ccccc2)c1)c1c[nH]c2ccccc12. The van der Waals surface area contributed by atoms with Crippen LogP contribution >= 0.6 is 0 Å². The minimum absolute atomic E-state index is 0.0690. The highest BCUT2D eigenvalue weighted by Crippen LogP contribution is 2.30. The number of nitrogens with one attached hydrogen (secondary N) is 1. The van der Waals surface area contributed by atoms with Gasteiger partial charge in [-0.05, 0) is 23.8 Å². The second-order valence-electron chi connectivity index (χ2n) is 6.29. The molecule has 6 heteroatoms. The zero-order valence-electron chi connectivity index (χ0n) is 14.8. The fourth-order valence-corrected chi connectivity index (χ4v) is 3.07. The number of ether oxygens (including phenoxy) is 1. The van der Waals surface area contributed by atoms with Gasteiger partial charge in [0.25, 0.3) is 0 Å². The number of H-pyrrole nitrogens is 1. The Hall–Kier alpha value is -3.93. The number of carbonyl (C=O) groups excluding carboxylic acids is 1. The Morgan fingerprint density at radius 3 is 2.54 bits per heavy atom. The van der Waals surface area contributed by atoms with Crippen LogP contribution in [0.3, 0.4) is 0 Å². The maximum atomic E-state index is 13.0. The molecule has 1 heterocycles. The molecule has 0 atom stereocenters. The van der Waals surface area contributed by atoms with Crippen molar-refractivity contribution in [2.24, 2.45) is 0 Å². The summed E-state index contributed by atoms with van der Waals surface area (Å²) in [5.41, 5.74) is 2.40. The van der Waals surface area contributed by atoms with E-state index in [-0.39, 0.29) is 23.8 Å². The number of hydrogen-bond donors (Lipinski definition) is 1. The highest BCUT2D eigenvalue weighted by Gasteiger charge is 2.20. The summed E-state index contributed by atoms with van der Waals surface area (Å²) in [5.74, 6) is -0.156. The second kappa shape index (κ2) is 7.36. The number of ketones is 1. The van der Waals surface area contributed by atoms with E-state index in [1.807, 2.05) is 54.6 Å². The Bertz CT molecular complexity index is 1170. The molecule has 0 fully saturated rings. The monoisotopic (exact) mass is 372 g/mol. The number of aromatic nitrogens is 1. The molecule has 28 heavy (non-hydrogen) atoms. The molecule has 0 saturated carbocycles. The van der Waals surface area contributed by atoms with Crippen LogP contribution in [0.15, 0.2) is 79.0 Å². The molecule has 4 rings (SSSR count). The Morgan fingerprint density at radius 1 is 1.00 bits per heavy atom. The van der Waals surface area contributed by atoms with Crippen molar-refractivity contribution in [3.63, 3.8) is 0 Å². The van der Waals surface area contributed by atoms with Crippen LogP contribution in [0.5, 0.6) is 5.75 Å². The molecule has 4 aromatic rings. The minimum Gasteiger partial charge on any atom is -0.482 e. The summed E-state index contributed by atoms with van der Waals surface area (Å²) < 4.78 is 5.68. The van der Waals surface area contributed by atoms with Gasteiger partial charge in [0, 0.05) is 34.3 Å². The van der Waals surface area contributed by atoms with Crippen LogP contribution in [-0.2, 0) is 6.61 Å². The van der Waals surface area contributed by atoms with Gasteiger partial charge in [0.15, 0.2) is 11.5 Å². The third-order valence-electron chi connectivity index (χ3n) is 4.49. The third kappa shape index (κ3) is 3.35. The first-order chi connectivity index (χ1) is 13.6. The maximum absolute atomic E-state index is 13.0. The fourth-order valence-electron chi connectivity index (χ4n) is 3.07. The zero-order valence-corrected chi connectivity index (χ0v) is 14.8. The Morgan fingerprint density at radius 2 is 1.75 bits per heavy atom. The molecule has 1 N–H and O–H groups in total. The Kier molecular flexibility index (Phi) is 4.60. The number of nitro benzene ring substituents is 1. The molecule has 3 aromatic carbocycles. The van der Waals surface area contributed by atoms with Gasteiger partial charge in [0.05, 0.1) is 4.92 Å². The van der Waals surface area contributed by atoms with Gasteiger partial charge in [-0.2, -0.15) is 0 Å². The van der Waals surface area contributed by atoms with Crippen LogP contribution in [0.25, 0.3) is 10.9 Å². The van der Waals surface area contributed by atoms with E-state index < -0.39 is 4.92 Å². The van der Waals surface area contributed by atoms with Crippen molar-refractivity contribution in [3.05, 3.63) is 106 Å². The first kappa shape index (κ1) is 17.5. The summed E-state index contributed by atoms with van der Waals surface area (Å²) in [7, 11) is 0. The lowest BCUT2D eigenvalue weighted by molar-refractivity contribution is -0.385. The van der Waals surface area contributed by atoms with Gasteiger partial charge in [-0.3, -0.25) is 14.9 Å². The van der Waals surface area contributed by atoms with E-state index in [9.17, 15) is 14.9 Å². The van der Waals surface area contributed by atoms with Crippen molar-refractivity contribution in [2.75, 3.05) is 0 Å². The highest BCUT2D eigenvalue weighted by atomic mass is 16.6. The predicted molar refractivity (Wildman–Crippen MR) is 106 cm³/mol. The van der Waals surface area contributed by atoms with E-state index >= 15 is 0 Å². The molecule has 0 aliphatic carbocycles. The second-order valence-corrected chi connectivity index (χ2v) is 6.29. The molecule has 0 bridgehead atoms. The third-order valence-corrected chi connectivity index (χ3v) is 4.49. The van der Waals surface area contributed by atoms with Gasteiger partial charge in [-0.15, -0.1) is 0 Å². The van der Waals surface area contributed by atoms with E-state index in [0.29, 0.717) is 11.1 Å². The average molecular weight is 372 g/mol. The van der Waals surface area contributed by atoms with Gasteiger partial charge in [0.2, 0.25) is 0 Å². The maximum Gasteiger partial charge on any atom is 0.310 e. The van der Waals surface area contributed by atoms with E-state index in [4.69, 9.17) is 4.74 Å². The van der Waals surface area contributed by atoms with Crippen LogP contribution in [-0.4, -0.2) is 15.7 Å². The molecule has 0 spiro atoms. The summed E-state index contributed by atoms with van der Waals surface area (Å²) >= 11 is 0. The summed E-state index contributed by atoms with van der Waals surface area (Å²) in [6, 6.07) is 21.0. The molecule has 138 valence electrons. The van der Waals surface area contributed by atoms with Crippen molar-refractivity contribution >= 4 is 22.4 Å². The molecule has 0 amide bonds. The Labute approximate surface area is 160 Å². The molecule has 0 saturated heterocycles. The lowest BCUT2D eigenvalue weighted by Crippen LogP contribution is -2.04. The van der Waals surface area contributed by atoms with Crippen LogP contribution in [0.2, 0.25) is 0 Å². The van der Waals surface area contributed by atoms with E-state index in [1.165, 1.54) is 18.2 Å². The number of benzene rings is 3.